The van der Waals surface area contributed by atoms with Gasteiger partial charge in [-0.2, -0.15) is 0 Å². The van der Waals surface area contributed by atoms with Crippen LogP contribution in [0.5, 0.6) is 0 Å². The van der Waals surface area contributed by atoms with Crippen molar-refractivity contribution >= 4 is 25.7 Å². The molecule has 0 aromatic rings. The maximum Gasteiger partial charge on any atom is 0.472 e. The van der Waals surface area contributed by atoms with Crippen LogP contribution in [0.3, 0.4) is 0 Å². The van der Waals surface area contributed by atoms with E-state index in [1.54, 1.807) is 6.08 Å². The molecule has 0 radical (unpaired) electrons. The summed E-state index contributed by atoms with van der Waals surface area (Å²) < 4.78 is 39.4. The van der Waals surface area contributed by atoms with Gasteiger partial charge in [-0.25, -0.2) is 4.57 Å². The maximum absolute atomic E-state index is 12.9. The average molecular weight is 1030 g/mol. The van der Waals surface area contributed by atoms with Crippen LogP contribution in [-0.4, -0.2) is 66.5 Å². The van der Waals surface area contributed by atoms with Gasteiger partial charge in [0.25, 0.3) is 0 Å². The monoisotopic (exact) mass is 1030 g/mol. The van der Waals surface area contributed by atoms with E-state index in [0.717, 1.165) is 83.5 Å². The zero-order chi connectivity index (χ0) is 52.7. The summed E-state index contributed by atoms with van der Waals surface area (Å²) in [5, 5.41) is 9.78. The van der Waals surface area contributed by atoms with Crippen molar-refractivity contribution in [3.63, 3.8) is 0 Å². The predicted octanol–water partition coefficient (Wildman–Crippen LogP) is 16.7. The third-order valence-electron chi connectivity index (χ3n) is 11.8. The average Bonchev–Trinajstić information content (AvgIpc) is 3.37. The molecule has 0 bridgehead atoms. The minimum Gasteiger partial charge on any atom is -0.462 e. The fourth-order valence-electron chi connectivity index (χ4n) is 7.52. The lowest BCUT2D eigenvalue weighted by Gasteiger charge is -2.21. The van der Waals surface area contributed by atoms with E-state index in [0.29, 0.717) is 19.3 Å². The van der Waals surface area contributed by atoms with E-state index in [2.05, 4.69) is 81.5 Å². The highest BCUT2D eigenvalue weighted by atomic mass is 31.2. The number of phosphoric ester groups is 1. The fraction of sp³-hybridized carbons (Fsp3) is 0.717. The minimum atomic E-state index is -4.77. The summed E-state index contributed by atoms with van der Waals surface area (Å²) in [6.45, 7) is 4.39. The molecule has 12 heteroatoms. The summed E-state index contributed by atoms with van der Waals surface area (Å²) in [6.07, 6.45) is 61.4. The molecule has 0 aliphatic carbocycles. The largest absolute Gasteiger partial charge is 0.472 e. The van der Waals surface area contributed by atoms with Crippen molar-refractivity contribution in [2.24, 2.45) is 0 Å². The molecule has 2 N–H and O–H groups in total. The van der Waals surface area contributed by atoms with Crippen LogP contribution >= 0.6 is 7.82 Å². The van der Waals surface area contributed by atoms with Gasteiger partial charge in [-0.1, -0.05) is 228 Å². The summed E-state index contributed by atoms with van der Waals surface area (Å²) >= 11 is 0. The quantitative estimate of drug-likeness (QED) is 0.0197. The molecule has 72 heavy (non-hydrogen) atoms. The summed E-state index contributed by atoms with van der Waals surface area (Å²) in [4.78, 5) is 48.4. The Kier molecular flexibility index (Phi) is 51.4. The Morgan fingerprint density at radius 2 is 0.778 bits per heavy atom. The van der Waals surface area contributed by atoms with Gasteiger partial charge in [-0.15, -0.1) is 0 Å². The molecule has 0 heterocycles. The second-order valence-corrected chi connectivity index (χ2v) is 20.2. The Hall–Kier alpha value is -3.34. The third-order valence-corrected chi connectivity index (χ3v) is 12.8. The topological polar surface area (TPSA) is 155 Å². The van der Waals surface area contributed by atoms with Crippen LogP contribution in [0.15, 0.2) is 85.1 Å². The van der Waals surface area contributed by atoms with Gasteiger partial charge in [-0.3, -0.25) is 23.4 Å². The van der Waals surface area contributed by atoms with Crippen LogP contribution in [0.1, 0.15) is 239 Å². The molecule has 0 saturated heterocycles. The number of ether oxygens (including phenoxy) is 3. The van der Waals surface area contributed by atoms with Crippen LogP contribution in [-0.2, 0) is 42.2 Å². The summed E-state index contributed by atoms with van der Waals surface area (Å²) in [5.41, 5.74) is 0. The van der Waals surface area contributed by atoms with Gasteiger partial charge in [0.15, 0.2) is 6.10 Å². The molecule has 0 rings (SSSR count). The van der Waals surface area contributed by atoms with E-state index in [-0.39, 0.29) is 25.9 Å². The van der Waals surface area contributed by atoms with Gasteiger partial charge in [-0.05, 0) is 77.0 Å². The van der Waals surface area contributed by atoms with Gasteiger partial charge in [0.05, 0.1) is 26.2 Å². The second-order valence-electron chi connectivity index (χ2n) is 18.7. The first kappa shape index (κ1) is 68.7. The highest BCUT2D eigenvalue weighted by molar-refractivity contribution is 7.47. The van der Waals surface area contributed by atoms with Gasteiger partial charge < -0.3 is 24.2 Å². The zero-order valence-corrected chi connectivity index (χ0v) is 46.5. The number of allylic oxidation sites excluding steroid dienone is 13. The van der Waals surface area contributed by atoms with Crippen LogP contribution in [0.2, 0.25) is 0 Å². The Bertz CT molecular complexity index is 1530. The number of hydrogen-bond acceptors (Lipinski definition) is 10. The zero-order valence-electron chi connectivity index (χ0n) is 45.6. The lowest BCUT2D eigenvalue weighted by molar-refractivity contribution is -0.161. The molecule has 11 nitrogen and oxygen atoms in total. The standard InChI is InChI=1S/C60H103O11P/c1-4-7-10-13-16-19-22-25-27-28-30-33-36-39-42-45-48-51-60(64)71-57(53-67-58(62)49-46-43-40-37-34-31-24-21-18-15-12-9-6-3)55-69-72(65,66)68-54-56(52-61)70-59(63)50-47-44-41-38-35-32-29-26-23-20-17-14-11-8-5-2/h8,11,16-17,19-20,25-27,29,35,38,44,47,56-57,61H,4-7,9-10,12-15,18,21-24,28,30-34,36-37,39-43,45-46,48-55H2,1-3H3,(H,65,66)/b11-8-,19-16-,20-17-,27-25-,29-26-,38-35-,47-44-. The van der Waals surface area contributed by atoms with Crippen LogP contribution in [0.4, 0.5) is 0 Å². The maximum atomic E-state index is 12.9. The molecular formula is C60H103O11P. The molecule has 0 fully saturated rings. The van der Waals surface area contributed by atoms with Crippen LogP contribution in [0.25, 0.3) is 0 Å². The van der Waals surface area contributed by atoms with Gasteiger partial charge in [0, 0.05) is 12.8 Å². The second kappa shape index (κ2) is 53.9. The normalized spacial score (nSPS) is 14.0. The van der Waals surface area contributed by atoms with E-state index in [4.69, 9.17) is 23.3 Å². The van der Waals surface area contributed by atoms with E-state index < -0.39 is 57.8 Å². The number of phosphoric acid groups is 1. The van der Waals surface area contributed by atoms with E-state index in [1.165, 1.54) is 96.3 Å². The summed E-state index contributed by atoms with van der Waals surface area (Å²) in [5.74, 6) is -1.61. The smallest absolute Gasteiger partial charge is 0.462 e. The van der Waals surface area contributed by atoms with Crippen LogP contribution < -0.4 is 0 Å². The molecular weight excluding hydrogens is 928 g/mol. The van der Waals surface area contributed by atoms with E-state index in [1.807, 2.05) is 18.2 Å². The van der Waals surface area contributed by atoms with Crippen molar-refractivity contribution in [3.05, 3.63) is 85.1 Å². The van der Waals surface area contributed by atoms with E-state index >= 15 is 0 Å². The number of aliphatic hydroxyl groups excluding tert-OH is 1. The SMILES string of the molecule is CC/C=C\C/C=C\C/C=C\C/C=C\C/C=C\CC(=O)OC(CO)COP(=O)(O)OCC(COC(=O)CCCCCCCCCCCCCCC)OC(=O)CCCCCCCCC/C=C\C/C=C\CCCCC. The Labute approximate surface area is 439 Å². The van der Waals surface area contributed by atoms with E-state index in [9.17, 15) is 28.9 Å². The van der Waals surface area contributed by atoms with Crippen molar-refractivity contribution in [2.45, 2.75) is 251 Å². The number of aliphatic hydroxyl groups is 1. The Morgan fingerprint density at radius 3 is 1.25 bits per heavy atom. The molecule has 0 amide bonds. The van der Waals surface area contributed by atoms with Crippen LogP contribution in [0, 0.1) is 0 Å². The van der Waals surface area contributed by atoms with Crippen molar-refractivity contribution in [1.29, 1.82) is 0 Å². The molecule has 3 atom stereocenters. The highest BCUT2D eigenvalue weighted by Gasteiger charge is 2.28. The molecule has 0 aliphatic heterocycles. The number of carbonyl (C=O) groups excluding carboxylic acids is 3. The molecule has 0 saturated carbocycles. The third kappa shape index (κ3) is 51.6. The van der Waals surface area contributed by atoms with Crippen molar-refractivity contribution in [3.8, 4) is 0 Å². The Balaban J connectivity index is 4.81. The first-order chi connectivity index (χ1) is 35.2. The van der Waals surface area contributed by atoms with Gasteiger partial charge >= 0.3 is 25.7 Å². The molecule has 0 aromatic carbocycles. The molecule has 0 spiro atoms. The summed E-state index contributed by atoms with van der Waals surface area (Å²) in [6, 6.07) is 0. The minimum absolute atomic E-state index is 0.0572. The Morgan fingerprint density at radius 1 is 0.417 bits per heavy atom. The summed E-state index contributed by atoms with van der Waals surface area (Å²) in [7, 11) is -4.77. The molecule has 0 aromatic heterocycles. The number of esters is 3. The number of rotatable bonds is 52. The molecule has 414 valence electrons. The molecule has 3 unspecified atom stereocenters. The fourth-order valence-corrected chi connectivity index (χ4v) is 8.30. The number of hydrogen-bond donors (Lipinski definition) is 2. The number of carbonyl (C=O) groups is 3. The first-order valence-electron chi connectivity index (χ1n) is 28.5. The van der Waals surface area contributed by atoms with Crippen molar-refractivity contribution in [1.82, 2.24) is 0 Å². The highest BCUT2D eigenvalue weighted by Crippen LogP contribution is 2.43. The van der Waals surface area contributed by atoms with Gasteiger partial charge in [0.1, 0.15) is 12.7 Å². The van der Waals surface area contributed by atoms with Crippen molar-refractivity contribution in [2.75, 3.05) is 26.4 Å². The lowest BCUT2D eigenvalue weighted by Crippen LogP contribution is -2.30. The lowest BCUT2D eigenvalue weighted by atomic mass is 10.0. The van der Waals surface area contributed by atoms with Gasteiger partial charge in [0.2, 0.25) is 0 Å². The number of unbranched alkanes of at least 4 members (excludes halogenated alkanes) is 22. The predicted molar refractivity (Wildman–Crippen MR) is 298 cm³/mol. The molecule has 0 aliphatic rings. The van der Waals surface area contributed by atoms with Crippen molar-refractivity contribution < 1.29 is 52.2 Å². The first-order valence-corrected chi connectivity index (χ1v) is 30.0.